The summed E-state index contributed by atoms with van der Waals surface area (Å²) in [6, 6.07) is 0. The van der Waals surface area contributed by atoms with Crippen molar-refractivity contribution in [2.45, 2.75) is 147 Å². The van der Waals surface area contributed by atoms with Crippen molar-refractivity contribution in [2.75, 3.05) is 0 Å². The normalized spacial score (nSPS) is 13.8. The molecule has 0 fully saturated rings. The quantitative estimate of drug-likeness (QED) is 0.162. The molecular weight excluding hydrogens is 411 g/mol. The van der Waals surface area contributed by atoms with Crippen molar-refractivity contribution in [3.8, 4) is 0 Å². The topological polar surface area (TPSA) is 77.4 Å². The van der Waals surface area contributed by atoms with Gasteiger partial charge in [-0.1, -0.05) is 110 Å². The van der Waals surface area contributed by atoms with Crippen LogP contribution in [0.5, 0.6) is 0 Å². The molecule has 0 aromatic rings. The van der Waals surface area contributed by atoms with Gasteiger partial charge in [0.15, 0.2) is 0 Å². The summed E-state index contributed by atoms with van der Waals surface area (Å²) in [6.07, 6.45) is 20.2. The Labute approximate surface area is 224 Å². The van der Waals surface area contributed by atoms with Crippen LogP contribution in [0.15, 0.2) is 0 Å². The molecule has 6 heteroatoms. The van der Waals surface area contributed by atoms with E-state index in [9.17, 15) is 18.1 Å². The van der Waals surface area contributed by atoms with Gasteiger partial charge in [-0.25, -0.2) is 8.42 Å². The Balaban J connectivity index is 0. The summed E-state index contributed by atoms with van der Waals surface area (Å²) in [5.41, 5.74) is 0. The second-order valence-electron chi connectivity index (χ2n) is 8.49. The molecule has 0 aromatic heterocycles. The van der Waals surface area contributed by atoms with Crippen LogP contribution in [0.4, 0.5) is 0 Å². The number of aliphatic hydroxyl groups excluding tert-OH is 1. The predicted molar refractivity (Wildman–Crippen MR) is 119 cm³/mol. The first-order valence-corrected chi connectivity index (χ1v) is 13.5. The van der Waals surface area contributed by atoms with Crippen LogP contribution in [0.2, 0.25) is 0 Å². The fourth-order valence-corrected chi connectivity index (χ4v) is 4.69. The maximum atomic E-state index is 11.4. The minimum atomic E-state index is -4.13. The molecule has 29 heavy (non-hydrogen) atoms. The van der Waals surface area contributed by atoms with E-state index < -0.39 is 15.4 Å². The standard InChI is InChI=1S/C23H48O4S.K/c1-3-5-16-20-23(28(25,26)27)21-18-15-13-11-9-7-6-8-10-12-14-17-19-22(24)4-2;/h22-24H,3-21H2,1-2H3,(H,25,26,27);/q;+1/p-1. The van der Waals surface area contributed by atoms with Crippen LogP contribution in [0.25, 0.3) is 0 Å². The first-order valence-electron chi connectivity index (χ1n) is 12.0. The monoisotopic (exact) mass is 458 g/mol. The molecule has 0 saturated carbocycles. The van der Waals surface area contributed by atoms with E-state index in [0.29, 0.717) is 12.8 Å². The third-order valence-corrected chi connectivity index (χ3v) is 7.11. The van der Waals surface area contributed by atoms with Gasteiger partial charge in [-0.3, -0.25) is 0 Å². The summed E-state index contributed by atoms with van der Waals surface area (Å²) in [6.45, 7) is 4.12. The number of hydrogen-bond acceptors (Lipinski definition) is 4. The van der Waals surface area contributed by atoms with Gasteiger partial charge in [0.25, 0.3) is 0 Å². The fourth-order valence-electron chi connectivity index (χ4n) is 3.78. The summed E-state index contributed by atoms with van der Waals surface area (Å²) >= 11 is 0. The summed E-state index contributed by atoms with van der Waals surface area (Å²) in [7, 11) is -4.13. The van der Waals surface area contributed by atoms with E-state index in [-0.39, 0.29) is 57.5 Å². The second kappa shape index (κ2) is 22.7. The molecule has 0 aliphatic carbocycles. The van der Waals surface area contributed by atoms with Crippen LogP contribution in [-0.4, -0.2) is 29.4 Å². The van der Waals surface area contributed by atoms with Gasteiger partial charge in [0.05, 0.1) is 16.2 Å². The summed E-state index contributed by atoms with van der Waals surface area (Å²) < 4.78 is 34.1. The number of rotatable bonds is 21. The van der Waals surface area contributed by atoms with Crippen molar-refractivity contribution in [3.63, 3.8) is 0 Å². The zero-order valence-corrected chi connectivity index (χ0v) is 23.6. The van der Waals surface area contributed by atoms with Crippen LogP contribution in [0.3, 0.4) is 0 Å². The van der Waals surface area contributed by atoms with E-state index in [2.05, 4.69) is 6.92 Å². The van der Waals surface area contributed by atoms with Crippen molar-refractivity contribution < 1.29 is 69.5 Å². The SMILES string of the molecule is CCCCCC(CCCCCCCCCCCCCCC(O)CC)S(=O)(=O)[O-].[K+]. The van der Waals surface area contributed by atoms with E-state index in [1.165, 1.54) is 51.4 Å². The van der Waals surface area contributed by atoms with Crippen molar-refractivity contribution in [2.24, 2.45) is 0 Å². The molecular formula is C23H47KO4S. The maximum absolute atomic E-state index is 11.4. The second-order valence-corrected chi connectivity index (χ2v) is 10.1. The minimum Gasteiger partial charge on any atom is -0.748 e. The molecule has 0 saturated heterocycles. The van der Waals surface area contributed by atoms with Crippen LogP contribution in [0.1, 0.15) is 136 Å². The van der Waals surface area contributed by atoms with Crippen molar-refractivity contribution in [3.05, 3.63) is 0 Å². The Morgan fingerprint density at radius 1 is 0.655 bits per heavy atom. The molecule has 0 radical (unpaired) electrons. The Hall–Kier alpha value is 1.51. The van der Waals surface area contributed by atoms with Gasteiger partial charge >= 0.3 is 51.4 Å². The Kier molecular flexibility index (Phi) is 25.6. The number of aliphatic hydroxyl groups is 1. The Morgan fingerprint density at radius 3 is 1.34 bits per heavy atom. The fraction of sp³-hybridized carbons (Fsp3) is 1.00. The van der Waals surface area contributed by atoms with Gasteiger partial charge < -0.3 is 9.66 Å². The Bertz CT molecular complexity index is 429. The summed E-state index contributed by atoms with van der Waals surface area (Å²) in [5.74, 6) is 0. The average molecular weight is 459 g/mol. The summed E-state index contributed by atoms with van der Waals surface area (Å²) in [5, 5.41) is 8.84. The molecule has 0 aliphatic heterocycles. The molecule has 0 amide bonds. The molecule has 0 heterocycles. The molecule has 0 aromatic carbocycles. The van der Waals surface area contributed by atoms with Gasteiger partial charge in [-0.2, -0.15) is 0 Å². The molecule has 0 aliphatic rings. The van der Waals surface area contributed by atoms with Crippen LogP contribution >= 0.6 is 0 Å². The maximum Gasteiger partial charge on any atom is 1.00 e. The van der Waals surface area contributed by atoms with Crippen molar-refractivity contribution >= 4 is 10.1 Å². The van der Waals surface area contributed by atoms with Crippen LogP contribution < -0.4 is 51.4 Å². The molecule has 0 spiro atoms. The minimum absolute atomic E-state index is 0. The van der Waals surface area contributed by atoms with Gasteiger partial charge in [0.1, 0.15) is 0 Å². The van der Waals surface area contributed by atoms with E-state index in [1.54, 1.807) is 0 Å². The van der Waals surface area contributed by atoms with E-state index in [0.717, 1.165) is 57.8 Å². The van der Waals surface area contributed by atoms with E-state index in [4.69, 9.17) is 0 Å². The van der Waals surface area contributed by atoms with Crippen LogP contribution in [0, 0.1) is 0 Å². The molecule has 0 rings (SSSR count). The first kappa shape index (κ1) is 32.7. The van der Waals surface area contributed by atoms with Crippen molar-refractivity contribution in [1.82, 2.24) is 0 Å². The van der Waals surface area contributed by atoms with Gasteiger partial charge in [0, 0.05) is 5.25 Å². The Morgan fingerprint density at radius 2 is 1.00 bits per heavy atom. The van der Waals surface area contributed by atoms with Gasteiger partial charge in [-0.15, -0.1) is 0 Å². The first-order chi connectivity index (χ1) is 13.4. The van der Waals surface area contributed by atoms with E-state index >= 15 is 0 Å². The molecule has 2 unspecified atom stereocenters. The third kappa shape index (κ3) is 22.5. The average Bonchev–Trinajstić information content (AvgIpc) is 2.65. The van der Waals surface area contributed by atoms with Gasteiger partial charge in [0.2, 0.25) is 0 Å². The number of hydrogen-bond donors (Lipinski definition) is 1. The molecule has 170 valence electrons. The number of unbranched alkanes of at least 4 members (excludes halogenated alkanes) is 13. The van der Waals surface area contributed by atoms with Gasteiger partial charge in [-0.05, 0) is 25.7 Å². The molecule has 2 atom stereocenters. The largest absolute Gasteiger partial charge is 1.00 e. The predicted octanol–water partition coefficient (Wildman–Crippen LogP) is 3.72. The zero-order chi connectivity index (χ0) is 21.1. The molecule has 4 nitrogen and oxygen atoms in total. The van der Waals surface area contributed by atoms with Crippen molar-refractivity contribution in [1.29, 1.82) is 0 Å². The third-order valence-electron chi connectivity index (χ3n) is 5.82. The summed E-state index contributed by atoms with van der Waals surface area (Å²) in [4.78, 5) is 0. The molecule has 0 bridgehead atoms. The molecule has 1 N–H and O–H groups in total. The zero-order valence-electron chi connectivity index (χ0n) is 19.7. The smallest absolute Gasteiger partial charge is 0.748 e. The van der Waals surface area contributed by atoms with Crippen LogP contribution in [-0.2, 0) is 10.1 Å². The van der Waals surface area contributed by atoms with E-state index in [1.807, 2.05) is 6.92 Å².